The quantitative estimate of drug-likeness (QED) is 0.484. The van der Waals surface area contributed by atoms with Gasteiger partial charge in [-0.1, -0.05) is 12.1 Å². The first kappa shape index (κ1) is 21.0. The molecule has 158 valence electrons. The highest BCUT2D eigenvalue weighted by atomic mass is 19.4. The number of amides is 1. The maximum atomic E-state index is 12.8. The molecule has 3 rings (SSSR count). The van der Waals surface area contributed by atoms with Gasteiger partial charge in [0.1, 0.15) is 17.9 Å². The number of aryl methyl sites for hydroxylation is 1. The molecule has 0 bridgehead atoms. The van der Waals surface area contributed by atoms with E-state index in [2.05, 4.69) is 15.5 Å². The number of alkyl halides is 3. The second kappa shape index (κ2) is 7.97. The molecular formula is C18H17F3N6O3. The Bertz CT molecular complexity index is 1100. The van der Waals surface area contributed by atoms with Crippen LogP contribution in [0.1, 0.15) is 22.5 Å². The van der Waals surface area contributed by atoms with Crippen molar-refractivity contribution in [3.63, 3.8) is 0 Å². The predicted octanol–water partition coefficient (Wildman–Crippen LogP) is 3.31. The molecule has 3 aromatic rings. The van der Waals surface area contributed by atoms with E-state index >= 15 is 0 Å². The molecule has 0 atom stereocenters. The Kier molecular flexibility index (Phi) is 5.58. The van der Waals surface area contributed by atoms with Gasteiger partial charge in [-0.25, -0.2) is 0 Å². The van der Waals surface area contributed by atoms with Gasteiger partial charge in [-0.05, 0) is 31.5 Å². The molecule has 0 unspecified atom stereocenters. The van der Waals surface area contributed by atoms with Crippen molar-refractivity contribution >= 4 is 17.3 Å². The minimum atomic E-state index is -4.43. The third kappa shape index (κ3) is 4.64. The number of hydrogen-bond donors (Lipinski definition) is 1. The van der Waals surface area contributed by atoms with Crippen LogP contribution in [0.4, 0.5) is 24.5 Å². The Labute approximate surface area is 168 Å². The fourth-order valence-electron chi connectivity index (χ4n) is 2.99. The number of aromatic nitrogens is 4. The van der Waals surface area contributed by atoms with Gasteiger partial charge < -0.3 is 5.32 Å². The molecule has 1 N–H and O–H groups in total. The predicted molar refractivity (Wildman–Crippen MR) is 99.8 cm³/mol. The van der Waals surface area contributed by atoms with Crippen LogP contribution in [0.25, 0.3) is 0 Å². The molecular weight excluding hydrogens is 405 g/mol. The van der Waals surface area contributed by atoms with Gasteiger partial charge in [0.2, 0.25) is 5.91 Å². The lowest BCUT2D eigenvalue weighted by Crippen LogP contribution is -2.20. The molecule has 30 heavy (non-hydrogen) atoms. The molecule has 0 fully saturated rings. The van der Waals surface area contributed by atoms with Crippen molar-refractivity contribution in [3.05, 3.63) is 69.3 Å². The fraction of sp³-hybridized carbons (Fsp3) is 0.278. The number of nitrogens with zero attached hydrogens (tertiary/aromatic N) is 5. The van der Waals surface area contributed by atoms with Crippen LogP contribution in [0.2, 0.25) is 0 Å². The van der Waals surface area contributed by atoms with Crippen molar-refractivity contribution in [3.8, 4) is 0 Å². The van der Waals surface area contributed by atoms with Crippen LogP contribution in [0.15, 0.2) is 36.7 Å². The van der Waals surface area contributed by atoms with Crippen LogP contribution < -0.4 is 5.32 Å². The summed E-state index contributed by atoms with van der Waals surface area (Å²) in [7, 11) is 0. The second-order valence-corrected chi connectivity index (χ2v) is 6.61. The lowest BCUT2D eigenvalue weighted by Gasteiger charge is -2.08. The van der Waals surface area contributed by atoms with Crippen LogP contribution in [0, 0.1) is 24.0 Å². The molecule has 0 aliphatic heterocycles. The Hall–Kier alpha value is -3.70. The monoisotopic (exact) mass is 422 g/mol. The molecule has 9 nitrogen and oxygen atoms in total. The summed E-state index contributed by atoms with van der Waals surface area (Å²) < 4.78 is 41.1. The number of halogens is 3. The van der Waals surface area contributed by atoms with E-state index in [9.17, 15) is 28.1 Å². The topological polar surface area (TPSA) is 108 Å². The van der Waals surface area contributed by atoms with Crippen LogP contribution in [-0.2, 0) is 24.1 Å². The second-order valence-electron chi connectivity index (χ2n) is 6.61. The number of carbonyl (C=O) groups excluding carboxylic acids is 1. The van der Waals surface area contributed by atoms with E-state index in [1.165, 1.54) is 41.7 Å². The zero-order chi connectivity index (χ0) is 22.1. The Morgan fingerprint density at radius 3 is 2.67 bits per heavy atom. The number of carbonyl (C=O) groups is 1. The van der Waals surface area contributed by atoms with Crippen LogP contribution >= 0.6 is 0 Å². The number of rotatable bonds is 6. The Morgan fingerprint density at radius 1 is 1.30 bits per heavy atom. The average Bonchev–Trinajstić information content (AvgIpc) is 3.18. The van der Waals surface area contributed by atoms with E-state index in [0.29, 0.717) is 11.3 Å². The molecule has 0 saturated heterocycles. The SMILES string of the molecule is Cc1nn(CC(=O)Nc2cnn(Cc3cccc(C(F)(F)F)c3)c2)c(C)c1[N+](=O)[O-]. The summed E-state index contributed by atoms with van der Waals surface area (Å²) in [4.78, 5) is 22.7. The Morgan fingerprint density at radius 2 is 2.03 bits per heavy atom. The number of anilines is 1. The van der Waals surface area contributed by atoms with Crippen LogP contribution in [0.3, 0.4) is 0 Å². The third-order valence-corrected chi connectivity index (χ3v) is 4.34. The molecule has 12 heteroatoms. The van der Waals surface area contributed by atoms with E-state index in [0.717, 1.165) is 12.1 Å². The van der Waals surface area contributed by atoms with E-state index < -0.39 is 22.6 Å². The van der Waals surface area contributed by atoms with Gasteiger partial charge in [-0.3, -0.25) is 24.3 Å². The number of nitro groups is 1. The maximum absolute atomic E-state index is 12.8. The van der Waals surface area contributed by atoms with Gasteiger partial charge >= 0.3 is 11.9 Å². The van der Waals surface area contributed by atoms with Crippen LogP contribution in [0.5, 0.6) is 0 Å². The summed E-state index contributed by atoms with van der Waals surface area (Å²) in [5.74, 6) is -0.478. The van der Waals surface area contributed by atoms with Crippen molar-refractivity contribution in [1.29, 1.82) is 0 Å². The standard InChI is InChI=1S/C18H17F3N6O3/c1-11-17(27(29)30)12(2)26(24-11)10-16(28)23-15-7-22-25(9-15)8-13-4-3-5-14(6-13)18(19,20)21/h3-7,9H,8,10H2,1-2H3,(H,23,28). The third-order valence-electron chi connectivity index (χ3n) is 4.34. The highest BCUT2D eigenvalue weighted by Gasteiger charge is 2.30. The summed E-state index contributed by atoms with van der Waals surface area (Å²) in [6.07, 6.45) is -1.60. The van der Waals surface area contributed by atoms with Gasteiger partial charge in [-0.15, -0.1) is 0 Å². The summed E-state index contributed by atoms with van der Waals surface area (Å²) in [6.45, 7) is 2.83. The van der Waals surface area contributed by atoms with Gasteiger partial charge in [0.15, 0.2) is 0 Å². The van der Waals surface area contributed by atoms with E-state index in [4.69, 9.17) is 0 Å². The summed E-state index contributed by atoms with van der Waals surface area (Å²) in [5, 5.41) is 21.7. The summed E-state index contributed by atoms with van der Waals surface area (Å²) in [5.41, 5.74) is 0.312. The molecule has 1 aromatic carbocycles. The minimum absolute atomic E-state index is 0.0868. The van der Waals surface area contributed by atoms with Crippen molar-refractivity contribution in [2.45, 2.75) is 33.1 Å². The largest absolute Gasteiger partial charge is 0.416 e. The van der Waals surface area contributed by atoms with Crippen molar-refractivity contribution in [2.75, 3.05) is 5.32 Å². The lowest BCUT2D eigenvalue weighted by atomic mass is 10.1. The van der Waals surface area contributed by atoms with Crippen molar-refractivity contribution in [1.82, 2.24) is 19.6 Å². The maximum Gasteiger partial charge on any atom is 0.416 e. The van der Waals surface area contributed by atoms with Gasteiger partial charge in [0.25, 0.3) is 0 Å². The molecule has 0 aliphatic carbocycles. The normalized spacial score (nSPS) is 11.5. The number of hydrogen-bond acceptors (Lipinski definition) is 5. The van der Waals surface area contributed by atoms with Gasteiger partial charge in [0.05, 0.1) is 28.9 Å². The van der Waals surface area contributed by atoms with E-state index in [-0.39, 0.29) is 30.2 Å². The molecule has 0 radical (unpaired) electrons. The fourth-order valence-corrected chi connectivity index (χ4v) is 2.99. The summed E-state index contributed by atoms with van der Waals surface area (Å²) in [6, 6.07) is 4.89. The van der Waals surface area contributed by atoms with E-state index in [1.54, 1.807) is 6.07 Å². The Balaban J connectivity index is 1.65. The molecule has 2 heterocycles. The summed E-state index contributed by atoms with van der Waals surface area (Å²) >= 11 is 0. The smallest absolute Gasteiger partial charge is 0.322 e. The highest BCUT2D eigenvalue weighted by molar-refractivity contribution is 5.90. The molecule has 2 aromatic heterocycles. The zero-order valence-electron chi connectivity index (χ0n) is 16.0. The number of benzene rings is 1. The first-order valence-electron chi connectivity index (χ1n) is 8.71. The first-order valence-corrected chi connectivity index (χ1v) is 8.71. The van der Waals surface area contributed by atoms with E-state index in [1.807, 2.05) is 0 Å². The molecule has 0 saturated carbocycles. The molecule has 0 aliphatic rings. The average molecular weight is 422 g/mol. The first-order chi connectivity index (χ1) is 14.0. The van der Waals surface area contributed by atoms with Crippen molar-refractivity contribution < 1.29 is 22.9 Å². The van der Waals surface area contributed by atoms with Gasteiger partial charge in [0, 0.05) is 6.20 Å². The lowest BCUT2D eigenvalue weighted by molar-refractivity contribution is -0.386. The molecule has 1 amide bonds. The highest BCUT2D eigenvalue weighted by Crippen LogP contribution is 2.29. The molecule has 0 spiro atoms. The van der Waals surface area contributed by atoms with Crippen LogP contribution in [-0.4, -0.2) is 30.4 Å². The zero-order valence-corrected chi connectivity index (χ0v) is 16.0. The minimum Gasteiger partial charge on any atom is -0.322 e. The van der Waals surface area contributed by atoms with Gasteiger partial charge in [-0.2, -0.15) is 23.4 Å². The van der Waals surface area contributed by atoms with Crippen molar-refractivity contribution in [2.24, 2.45) is 0 Å². The number of nitrogens with one attached hydrogen (secondary N) is 1.